The second-order valence-corrected chi connectivity index (χ2v) is 12.9. The first-order chi connectivity index (χ1) is 20.7. The molecule has 2 aromatic rings. The first-order valence-corrected chi connectivity index (χ1v) is 15.2. The van der Waals surface area contributed by atoms with Crippen molar-refractivity contribution in [1.29, 1.82) is 0 Å². The van der Waals surface area contributed by atoms with Gasteiger partial charge in [0.2, 0.25) is 11.8 Å². The van der Waals surface area contributed by atoms with E-state index in [0.717, 1.165) is 22.3 Å². The topological polar surface area (TPSA) is 92.3 Å². The van der Waals surface area contributed by atoms with Crippen LogP contribution >= 0.6 is 0 Å². The van der Waals surface area contributed by atoms with Crippen molar-refractivity contribution in [2.45, 2.75) is 67.2 Å². The predicted octanol–water partition coefficient (Wildman–Crippen LogP) is 6.61. The Labute approximate surface area is 262 Å². The zero-order valence-corrected chi connectivity index (χ0v) is 27.1. The number of rotatable bonds is 14. The molecular formula is C38H46N2O4. The maximum absolute atomic E-state index is 13.8. The number of allylic oxidation sites excluding steroid dienone is 4. The first-order valence-electron chi connectivity index (χ1n) is 15.2. The normalized spacial score (nSPS) is 14.0. The van der Waals surface area contributed by atoms with Crippen LogP contribution in [-0.2, 0) is 32.0 Å². The fourth-order valence-corrected chi connectivity index (χ4v) is 6.12. The van der Waals surface area contributed by atoms with Gasteiger partial charge in [-0.1, -0.05) is 102 Å². The molecule has 2 N–H and O–H groups in total. The number of benzene rings is 2. The average Bonchev–Trinajstić information content (AvgIpc) is 2.95. The van der Waals surface area contributed by atoms with Crippen LogP contribution in [0.5, 0.6) is 0 Å². The Morgan fingerprint density at radius 3 is 1.39 bits per heavy atom. The van der Waals surface area contributed by atoms with Gasteiger partial charge in [0.15, 0.2) is 11.6 Å². The summed E-state index contributed by atoms with van der Waals surface area (Å²) in [6, 6.07) is 15.9. The van der Waals surface area contributed by atoms with E-state index in [4.69, 9.17) is 0 Å². The maximum atomic E-state index is 13.8. The number of hydrogen-bond acceptors (Lipinski definition) is 4. The third-order valence-corrected chi connectivity index (χ3v) is 8.29. The highest BCUT2D eigenvalue weighted by Crippen LogP contribution is 2.44. The second kappa shape index (κ2) is 14.4. The zero-order chi connectivity index (χ0) is 32.7. The summed E-state index contributed by atoms with van der Waals surface area (Å²) in [5, 5.41) is 5.92. The molecule has 232 valence electrons. The molecule has 6 nitrogen and oxygen atoms in total. The molecular weight excluding hydrogens is 548 g/mol. The monoisotopic (exact) mass is 594 g/mol. The van der Waals surface area contributed by atoms with Gasteiger partial charge in [0.25, 0.3) is 0 Å². The Morgan fingerprint density at radius 2 is 1.05 bits per heavy atom. The highest BCUT2D eigenvalue weighted by molar-refractivity contribution is 6.26. The number of carbonyl (C=O) groups is 4. The van der Waals surface area contributed by atoms with Gasteiger partial charge < -0.3 is 10.6 Å². The smallest absolute Gasteiger partial charge is 0.220 e. The average molecular weight is 595 g/mol. The molecule has 0 spiro atoms. The largest absolute Gasteiger partial charge is 0.356 e. The van der Waals surface area contributed by atoms with E-state index in [1.54, 1.807) is 26.0 Å². The lowest BCUT2D eigenvalue weighted by Crippen LogP contribution is -2.39. The van der Waals surface area contributed by atoms with E-state index in [1.165, 1.54) is 0 Å². The number of amides is 2. The highest BCUT2D eigenvalue weighted by atomic mass is 16.2. The van der Waals surface area contributed by atoms with Crippen molar-refractivity contribution >= 4 is 35.5 Å². The summed E-state index contributed by atoms with van der Waals surface area (Å²) in [5.41, 5.74) is 3.91. The lowest BCUT2D eigenvalue weighted by Gasteiger charge is -2.36. The van der Waals surface area contributed by atoms with Crippen LogP contribution in [0.4, 0.5) is 0 Å². The van der Waals surface area contributed by atoms with Crippen LogP contribution in [0.1, 0.15) is 76.6 Å². The Balaban J connectivity index is 1.64. The molecule has 44 heavy (non-hydrogen) atoms. The summed E-state index contributed by atoms with van der Waals surface area (Å²) in [4.78, 5) is 53.4. The SMILES string of the molecule is C=Cc1cccc(CCNC(=O)CC(C)(C)C2=C(C)C(=O)C(C(C)(C)CC(=O)NCCc3cccc(C=C)c3)=C(C)C2=O)c1. The molecule has 2 aromatic carbocycles. The lowest BCUT2D eigenvalue weighted by molar-refractivity contribution is -0.124. The third kappa shape index (κ3) is 8.40. The molecule has 0 heterocycles. The molecule has 3 rings (SSSR count). The minimum Gasteiger partial charge on any atom is -0.356 e. The molecule has 0 aromatic heterocycles. The third-order valence-electron chi connectivity index (χ3n) is 8.29. The molecule has 0 aliphatic heterocycles. The fraction of sp³-hybridized carbons (Fsp3) is 0.368. The van der Waals surface area contributed by atoms with E-state index >= 15 is 0 Å². The molecule has 1 aliphatic carbocycles. The van der Waals surface area contributed by atoms with Gasteiger partial charge in [-0.15, -0.1) is 0 Å². The van der Waals surface area contributed by atoms with Gasteiger partial charge in [0, 0.05) is 59.1 Å². The summed E-state index contributed by atoms with van der Waals surface area (Å²) < 4.78 is 0. The predicted molar refractivity (Wildman–Crippen MR) is 179 cm³/mol. The molecule has 2 amide bonds. The standard InChI is InChI=1S/C38H46N2O4/c1-9-27-13-11-15-29(21-27)17-19-39-31(41)23-37(5,6)33-25(3)36(44)34(26(4)35(33)43)38(7,8)24-32(42)40-20-18-30-16-12-14-28(10-2)22-30/h9-16,21-22H,1-2,17-20,23-24H2,3-8H3,(H,39,41)(H,40,42). The molecule has 0 bridgehead atoms. The molecule has 0 radical (unpaired) electrons. The van der Waals surface area contributed by atoms with Gasteiger partial charge >= 0.3 is 0 Å². The van der Waals surface area contributed by atoms with Crippen molar-refractivity contribution in [3.63, 3.8) is 0 Å². The van der Waals surface area contributed by atoms with Crippen LogP contribution in [0.25, 0.3) is 12.2 Å². The quantitative estimate of drug-likeness (QED) is 0.241. The van der Waals surface area contributed by atoms with Crippen molar-refractivity contribution in [3.05, 3.63) is 106 Å². The summed E-state index contributed by atoms with van der Waals surface area (Å²) in [6.07, 6.45) is 5.04. The van der Waals surface area contributed by atoms with E-state index in [2.05, 4.69) is 23.8 Å². The molecule has 0 saturated carbocycles. The van der Waals surface area contributed by atoms with E-state index in [-0.39, 0.29) is 36.2 Å². The van der Waals surface area contributed by atoms with E-state index in [9.17, 15) is 19.2 Å². The van der Waals surface area contributed by atoms with Crippen molar-refractivity contribution in [3.8, 4) is 0 Å². The van der Waals surface area contributed by atoms with Gasteiger partial charge in [-0.05, 0) is 48.9 Å². The minimum atomic E-state index is -0.860. The van der Waals surface area contributed by atoms with Gasteiger partial charge in [-0.2, -0.15) is 0 Å². The molecule has 0 atom stereocenters. The van der Waals surface area contributed by atoms with Gasteiger partial charge in [-0.3, -0.25) is 19.2 Å². The van der Waals surface area contributed by atoms with Gasteiger partial charge in [0.05, 0.1) is 0 Å². The number of hydrogen-bond donors (Lipinski definition) is 2. The number of nitrogens with one attached hydrogen (secondary N) is 2. The molecule has 0 fully saturated rings. The first kappa shape index (κ1) is 34.2. The van der Waals surface area contributed by atoms with Crippen LogP contribution in [0.15, 0.2) is 84.0 Å². The van der Waals surface area contributed by atoms with Crippen LogP contribution in [-0.4, -0.2) is 36.5 Å². The Bertz CT molecular complexity index is 1420. The molecule has 0 unspecified atom stereocenters. The van der Waals surface area contributed by atoms with Crippen molar-refractivity contribution in [2.75, 3.05) is 13.1 Å². The molecule has 0 saturated heterocycles. The van der Waals surface area contributed by atoms with Crippen molar-refractivity contribution in [2.24, 2.45) is 10.8 Å². The summed E-state index contributed by atoms with van der Waals surface area (Å²) >= 11 is 0. The van der Waals surface area contributed by atoms with Crippen molar-refractivity contribution < 1.29 is 19.2 Å². The fourth-order valence-electron chi connectivity index (χ4n) is 6.12. The van der Waals surface area contributed by atoms with E-state index in [0.29, 0.717) is 48.2 Å². The van der Waals surface area contributed by atoms with Crippen LogP contribution < -0.4 is 10.6 Å². The Morgan fingerprint density at radius 1 is 0.682 bits per heavy atom. The van der Waals surface area contributed by atoms with Crippen molar-refractivity contribution in [1.82, 2.24) is 10.6 Å². The lowest BCUT2D eigenvalue weighted by atomic mass is 9.66. The maximum Gasteiger partial charge on any atom is 0.220 e. The summed E-state index contributed by atoms with van der Waals surface area (Å²) in [7, 11) is 0. The Kier molecular flexibility index (Phi) is 11.2. The van der Waals surface area contributed by atoms with Crippen LogP contribution in [0, 0.1) is 10.8 Å². The Hall–Kier alpha value is -4.32. The second-order valence-electron chi connectivity index (χ2n) is 12.9. The van der Waals surface area contributed by atoms with E-state index in [1.807, 2.05) is 76.2 Å². The van der Waals surface area contributed by atoms with Gasteiger partial charge in [0.1, 0.15) is 0 Å². The summed E-state index contributed by atoms with van der Waals surface area (Å²) in [6.45, 7) is 19.1. The van der Waals surface area contributed by atoms with Gasteiger partial charge in [-0.25, -0.2) is 0 Å². The van der Waals surface area contributed by atoms with Crippen LogP contribution in [0.2, 0.25) is 0 Å². The zero-order valence-electron chi connectivity index (χ0n) is 27.1. The number of ketones is 2. The minimum absolute atomic E-state index is 0.0650. The van der Waals surface area contributed by atoms with E-state index < -0.39 is 10.8 Å². The molecule has 6 heteroatoms. The molecule has 1 aliphatic rings. The summed E-state index contributed by atoms with van der Waals surface area (Å²) in [5.74, 6) is -0.856. The number of carbonyl (C=O) groups excluding carboxylic acids is 4. The number of Topliss-reactive ketones (excluding diaryl/α,β-unsaturated/α-hetero) is 2. The highest BCUT2D eigenvalue weighted by Gasteiger charge is 2.43. The van der Waals surface area contributed by atoms with Crippen LogP contribution in [0.3, 0.4) is 0 Å².